The van der Waals surface area contributed by atoms with E-state index in [0.29, 0.717) is 12.1 Å². The summed E-state index contributed by atoms with van der Waals surface area (Å²) in [4.78, 5) is 11.8. The van der Waals surface area contributed by atoms with Crippen molar-refractivity contribution in [1.82, 2.24) is 5.32 Å². The lowest BCUT2D eigenvalue weighted by Crippen LogP contribution is -2.36. The molecule has 0 bridgehead atoms. The zero-order valence-electron chi connectivity index (χ0n) is 12.1. The first kappa shape index (κ1) is 15.4. The van der Waals surface area contributed by atoms with Gasteiger partial charge in [-0.2, -0.15) is 11.3 Å². The molecule has 1 amide bonds. The molecule has 0 aliphatic rings. The van der Waals surface area contributed by atoms with Crippen molar-refractivity contribution in [3.05, 3.63) is 64.1 Å². The molecule has 2 aromatic rings. The first-order chi connectivity index (χ1) is 9.99. The van der Waals surface area contributed by atoms with Gasteiger partial charge < -0.3 is 5.32 Å². The summed E-state index contributed by atoms with van der Waals surface area (Å²) in [5.74, 6) is -0.420. The van der Waals surface area contributed by atoms with Gasteiger partial charge in [-0.3, -0.25) is 4.79 Å². The average Bonchev–Trinajstić information content (AvgIpc) is 2.96. The molecule has 0 unspecified atom stereocenters. The van der Waals surface area contributed by atoms with Crippen molar-refractivity contribution in [2.24, 2.45) is 0 Å². The third kappa shape index (κ3) is 4.26. The fraction of sp³-hybridized carbons (Fsp3) is 0.235. The van der Waals surface area contributed by atoms with E-state index in [2.05, 4.69) is 5.32 Å². The van der Waals surface area contributed by atoms with Crippen LogP contribution in [0.5, 0.6) is 0 Å². The Morgan fingerprint density at radius 1 is 1.33 bits per heavy atom. The Morgan fingerprint density at radius 3 is 2.76 bits per heavy atom. The third-order valence-corrected chi connectivity index (χ3v) is 3.98. The molecule has 0 saturated carbocycles. The summed E-state index contributed by atoms with van der Waals surface area (Å²) in [5, 5.41) is 6.74. The van der Waals surface area contributed by atoms with E-state index < -0.39 is 5.41 Å². The fourth-order valence-corrected chi connectivity index (χ4v) is 2.64. The molecule has 0 aliphatic carbocycles. The fourth-order valence-electron chi connectivity index (χ4n) is 2.01. The highest BCUT2D eigenvalue weighted by Crippen LogP contribution is 2.24. The SMILES string of the molecule is CC(C)(CNC(=O)/C=C/c1ccsc1)c1ccccc1F. The molecule has 2 nitrogen and oxygen atoms in total. The summed E-state index contributed by atoms with van der Waals surface area (Å²) in [6.45, 7) is 4.20. The van der Waals surface area contributed by atoms with Crippen LogP contribution in [0.1, 0.15) is 25.0 Å². The van der Waals surface area contributed by atoms with E-state index in [1.54, 1.807) is 35.6 Å². The van der Waals surface area contributed by atoms with Crippen LogP contribution >= 0.6 is 11.3 Å². The molecular formula is C17H18FNOS. The number of nitrogens with one attached hydrogen (secondary N) is 1. The van der Waals surface area contributed by atoms with E-state index in [0.717, 1.165) is 5.56 Å². The van der Waals surface area contributed by atoms with Gasteiger partial charge in [0, 0.05) is 18.0 Å². The molecule has 0 atom stereocenters. The molecule has 4 heteroatoms. The van der Waals surface area contributed by atoms with Gasteiger partial charge in [0.1, 0.15) is 5.82 Å². The standard InChI is InChI=1S/C17H18FNOS/c1-17(2,14-5-3-4-6-15(14)18)12-19-16(20)8-7-13-9-10-21-11-13/h3-11H,12H2,1-2H3,(H,19,20)/b8-7+. The second-order valence-electron chi connectivity index (χ2n) is 5.47. The number of carbonyl (C=O) groups is 1. The van der Waals surface area contributed by atoms with Crippen molar-refractivity contribution in [2.45, 2.75) is 19.3 Å². The molecule has 0 fully saturated rings. The van der Waals surface area contributed by atoms with Crippen LogP contribution < -0.4 is 5.32 Å². The highest BCUT2D eigenvalue weighted by Gasteiger charge is 2.24. The van der Waals surface area contributed by atoms with Gasteiger partial charge in [-0.05, 0) is 40.1 Å². The zero-order valence-corrected chi connectivity index (χ0v) is 12.9. The maximum atomic E-state index is 13.8. The Labute approximate surface area is 128 Å². The van der Waals surface area contributed by atoms with Gasteiger partial charge in [-0.15, -0.1) is 0 Å². The molecule has 1 aromatic carbocycles. The summed E-state index contributed by atoms with van der Waals surface area (Å²) in [6, 6.07) is 8.60. The molecule has 1 heterocycles. The number of rotatable bonds is 5. The van der Waals surface area contributed by atoms with E-state index >= 15 is 0 Å². The Balaban J connectivity index is 1.95. The molecule has 110 valence electrons. The molecule has 21 heavy (non-hydrogen) atoms. The topological polar surface area (TPSA) is 29.1 Å². The summed E-state index contributed by atoms with van der Waals surface area (Å²) < 4.78 is 13.8. The van der Waals surface area contributed by atoms with Crippen LogP contribution in [0, 0.1) is 5.82 Å². The van der Waals surface area contributed by atoms with Gasteiger partial charge in [0.15, 0.2) is 0 Å². The van der Waals surface area contributed by atoms with Crippen LogP contribution in [0.25, 0.3) is 6.08 Å². The van der Waals surface area contributed by atoms with Gasteiger partial charge in [0.2, 0.25) is 5.91 Å². The van der Waals surface area contributed by atoms with Gasteiger partial charge in [0.25, 0.3) is 0 Å². The second kappa shape index (κ2) is 6.68. The van der Waals surface area contributed by atoms with Crippen LogP contribution in [-0.2, 0) is 10.2 Å². The van der Waals surface area contributed by atoms with Gasteiger partial charge in [-0.25, -0.2) is 4.39 Å². The summed E-state index contributed by atoms with van der Waals surface area (Å²) in [6.07, 6.45) is 3.27. The van der Waals surface area contributed by atoms with Gasteiger partial charge in [0.05, 0.1) is 0 Å². The van der Waals surface area contributed by atoms with Crippen LogP contribution in [0.15, 0.2) is 47.2 Å². The summed E-state index contributed by atoms with van der Waals surface area (Å²) in [7, 11) is 0. The Hall–Kier alpha value is -1.94. The van der Waals surface area contributed by atoms with Crippen LogP contribution in [0.2, 0.25) is 0 Å². The molecular weight excluding hydrogens is 285 g/mol. The van der Waals surface area contributed by atoms with Crippen molar-refractivity contribution in [1.29, 1.82) is 0 Å². The lowest BCUT2D eigenvalue weighted by Gasteiger charge is -2.25. The van der Waals surface area contributed by atoms with Gasteiger partial charge >= 0.3 is 0 Å². The Morgan fingerprint density at radius 2 is 2.10 bits per heavy atom. The lowest BCUT2D eigenvalue weighted by molar-refractivity contribution is -0.116. The smallest absolute Gasteiger partial charge is 0.244 e. The first-order valence-corrected chi connectivity index (χ1v) is 7.66. The van der Waals surface area contributed by atoms with Crippen molar-refractivity contribution in [3.8, 4) is 0 Å². The number of thiophene rings is 1. The van der Waals surface area contributed by atoms with Crippen molar-refractivity contribution >= 4 is 23.3 Å². The summed E-state index contributed by atoms with van der Waals surface area (Å²) in [5.41, 5.74) is 1.15. The predicted octanol–water partition coefficient (Wildman–Crippen LogP) is 3.99. The first-order valence-electron chi connectivity index (χ1n) is 6.72. The molecule has 0 saturated heterocycles. The second-order valence-corrected chi connectivity index (χ2v) is 6.25. The Kier molecular flexibility index (Phi) is 4.91. The van der Waals surface area contributed by atoms with E-state index in [1.807, 2.05) is 30.7 Å². The number of halogens is 1. The summed E-state index contributed by atoms with van der Waals surface area (Å²) >= 11 is 1.58. The third-order valence-electron chi connectivity index (χ3n) is 3.28. The van der Waals surface area contributed by atoms with Crippen molar-refractivity contribution in [3.63, 3.8) is 0 Å². The quantitative estimate of drug-likeness (QED) is 0.831. The van der Waals surface area contributed by atoms with E-state index in [4.69, 9.17) is 0 Å². The molecule has 0 aliphatic heterocycles. The molecule has 2 rings (SSSR count). The minimum atomic E-state index is -0.461. The van der Waals surface area contributed by atoms with Crippen molar-refractivity contribution < 1.29 is 9.18 Å². The highest BCUT2D eigenvalue weighted by molar-refractivity contribution is 7.08. The molecule has 1 N–H and O–H groups in total. The zero-order chi connectivity index (χ0) is 15.3. The maximum Gasteiger partial charge on any atom is 0.244 e. The highest BCUT2D eigenvalue weighted by atomic mass is 32.1. The van der Waals surface area contributed by atoms with E-state index in [1.165, 1.54) is 12.1 Å². The molecule has 0 radical (unpaired) electrons. The molecule has 1 aromatic heterocycles. The normalized spacial score (nSPS) is 11.8. The largest absolute Gasteiger partial charge is 0.352 e. The predicted molar refractivity (Wildman–Crippen MR) is 85.8 cm³/mol. The monoisotopic (exact) mass is 303 g/mol. The van der Waals surface area contributed by atoms with Gasteiger partial charge in [-0.1, -0.05) is 32.0 Å². The number of benzene rings is 1. The minimum Gasteiger partial charge on any atom is -0.352 e. The molecule has 0 spiro atoms. The van der Waals surface area contributed by atoms with E-state index in [9.17, 15) is 9.18 Å². The minimum absolute atomic E-state index is 0.175. The van der Waals surface area contributed by atoms with Crippen LogP contribution in [0.4, 0.5) is 4.39 Å². The number of carbonyl (C=O) groups excluding carboxylic acids is 1. The van der Waals surface area contributed by atoms with Crippen molar-refractivity contribution in [2.75, 3.05) is 6.54 Å². The number of hydrogen-bond acceptors (Lipinski definition) is 2. The number of amides is 1. The van der Waals surface area contributed by atoms with Crippen LogP contribution in [-0.4, -0.2) is 12.5 Å². The number of hydrogen-bond donors (Lipinski definition) is 1. The Bertz CT molecular complexity index is 632. The van der Waals surface area contributed by atoms with E-state index in [-0.39, 0.29) is 11.7 Å². The van der Waals surface area contributed by atoms with Crippen LogP contribution in [0.3, 0.4) is 0 Å². The lowest BCUT2D eigenvalue weighted by atomic mass is 9.84. The maximum absolute atomic E-state index is 13.8. The average molecular weight is 303 g/mol.